The predicted octanol–water partition coefficient (Wildman–Crippen LogP) is 1.36. The van der Waals surface area contributed by atoms with Crippen LogP contribution >= 0.6 is 0 Å². The maximum atomic E-state index is 5.64. The van der Waals surface area contributed by atoms with Crippen molar-refractivity contribution in [2.45, 2.75) is 38.6 Å². The average molecular weight is 182 g/mol. The van der Waals surface area contributed by atoms with Crippen molar-refractivity contribution < 1.29 is 0 Å². The zero-order valence-corrected chi connectivity index (χ0v) is 8.63. The molecule has 0 radical (unpaired) electrons. The van der Waals surface area contributed by atoms with Crippen LogP contribution in [0.2, 0.25) is 0 Å². The highest BCUT2D eigenvalue weighted by Crippen LogP contribution is 2.38. The van der Waals surface area contributed by atoms with E-state index < -0.39 is 0 Å². The van der Waals surface area contributed by atoms with E-state index in [-0.39, 0.29) is 0 Å². The summed E-state index contributed by atoms with van der Waals surface area (Å²) in [6.45, 7) is 4.48. The van der Waals surface area contributed by atoms with Gasteiger partial charge in [-0.1, -0.05) is 13.3 Å². The Balaban J connectivity index is 1.97. The molecule has 0 aromatic carbocycles. The molecule has 1 heterocycles. The van der Waals surface area contributed by atoms with Crippen LogP contribution in [0.1, 0.15) is 32.6 Å². The van der Waals surface area contributed by atoms with Crippen molar-refractivity contribution in [3.63, 3.8) is 0 Å². The first-order valence-electron chi connectivity index (χ1n) is 5.76. The molecule has 2 aliphatic rings. The van der Waals surface area contributed by atoms with Crippen LogP contribution in [0, 0.1) is 17.8 Å². The van der Waals surface area contributed by atoms with Gasteiger partial charge in [-0.15, -0.1) is 0 Å². The zero-order chi connectivity index (χ0) is 9.26. The molecule has 76 valence electrons. The number of nitrogens with one attached hydrogen (secondary N) is 1. The summed E-state index contributed by atoms with van der Waals surface area (Å²) < 4.78 is 0. The second-order valence-electron chi connectivity index (χ2n) is 4.84. The maximum Gasteiger partial charge on any atom is 0.0124 e. The van der Waals surface area contributed by atoms with Crippen molar-refractivity contribution >= 4 is 0 Å². The zero-order valence-electron chi connectivity index (χ0n) is 8.63. The third kappa shape index (κ3) is 1.75. The molecule has 3 N–H and O–H groups in total. The molecule has 1 saturated carbocycles. The minimum Gasteiger partial charge on any atom is -0.330 e. The van der Waals surface area contributed by atoms with Gasteiger partial charge in [-0.25, -0.2) is 0 Å². The smallest absolute Gasteiger partial charge is 0.0124 e. The molecule has 1 aliphatic heterocycles. The Morgan fingerprint density at radius 1 is 1.38 bits per heavy atom. The third-order valence-corrected chi connectivity index (χ3v) is 4.03. The summed E-state index contributed by atoms with van der Waals surface area (Å²) in [5, 5.41) is 3.69. The Morgan fingerprint density at radius 2 is 2.23 bits per heavy atom. The highest BCUT2D eigenvalue weighted by molar-refractivity contribution is 4.95. The molecule has 4 unspecified atom stereocenters. The fourth-order valence-corrected chi connectivity index (χ4v) is 3.31. The second-order valence-corrected chi connectivity index (χ2v) is 4.84. The van der Waals surface area contributed by atoms with Gasteiger partial charge in [0, 0.05) is 6.04 Å². The molecule has 0 aromatic rings. The molecule has 2 nitrogen and oxygen atoms in total. The van der Waals surface area contributed by atoms with E-state index in [4.69, 9.17) is 5.73 Å². The first-order valence-corrected chi connectivity index (χ1v) is 5.76. The molecule has 0 aromatic heterocycles. The van der Waals surface area contributed by atoms with Crippen molar-refractivity contribution in [3.05, 3.63) is 0 Å². The van der Waals surface area contributed by atoms with Gasteiger partial charge in [0.1, 0.15) is 0 Å². The summed E-state index contributed by atoms with van der Waals surface area (Å²) in [6, 6.07) is 0.810. The number of fused-ring (bicyclic) bond motifs is 1. The van der Waals surface area contributed by atoms with Gasteiger partial charge in [-0.05, 0) is 50.1 Å². The topological polar surface area (TPSA) is 38.0 Å². The lowest BCUT2D eigenvalue weighted by atomic mass is 9.74. The second kappa shape index (κ2) is 3.97. The maximum absolute atomic E-state index is 5.64. The lowest BCUT2D eigenvalue weighted by Crippen LogP contribution is -2.37. The normalized spacial score (nSPS) is 44.8. The largest absolute Gasteiger partial charge is 0.330 e. The molecule has 0 bridgehead atoms. The molecule has 0 spiro atoms. The van der Waals surface area contributed by atoms with Crippen molar-refractivity contribution in [1.82, 2.24) is 5.32 Å². The van der Waals surface area contributed by atoms with Gasteiger partial charge in [0.25, 0.3) is 0 Å². The van der Waals surface area contributed by atoms with Crippen molar-refractivity contribution in [1.29, 1.82) is 0 Å². The fraction of sp³-hybridized carbons (Fsp3) is 1.00. The van der Waals surface area contributed by atoms with Gasteiger partial charge in [0.15, 0.2) is 0 Å². The molecule has 2 heteroatoms. The first kappa shape index (κ1) is 9.47. The van der Waals surface area contributed by atoms with Crippen molar-refractivity contribution in [2.75, 3.05) is 13.1 Å². The van der Waals surface area contributed by atoms with Gasteiger partial charge in [0.2, 0.25) is 0 Å². The molecule has 1 saturated heterocycles. The van der Waals surface area contributed by atoms with E-state index in [1.165, 1.54) is 32.2 Å². The van der Waals surface area contributed by atoms with E-state index in [0.717, 1.165) is 30.3 Å². The summed E-state index contributed by atoms with van der Waals surface area (Å²) >= 11 is 0. The van der Waals surface area contributed by atoms with Crippen LogP contribution in [0.5, 0.6) is 0 Å². The Bertz CT molecular complexity index is 169. The summed E-state index contributed by atoms with van der Waals surface area (Å²) in [5.74, 6) is 2.70. The summed E-state index contributed by atoms with van der Waals surface area (Å²) in [6.07, 6.45) is 5.52. The minimum atomic E-state index is 0.810. The summed E-state index contributed by atoms with van der Waals surface area (Å²) in [7, 11) is 0. The van der Waals surface area contributed by atoms with Gasteiger partial charge in [-0.2, -0.15) is 0 Å². The molecule has 2 rings (SSSR count). The van der Waals surface area contributed by atoms with E-state index in [0.29, 0.717) is 0 Å². The van der Waals surface area contributed by atoms with Crippen molar-refractivity contribution in [2.24, 2.45) is 23.5 Å². The van der Waals surface area contributed by atoms with E-state index in [9.17, 15) is 0 Å². The van der Waals surface area contributed by atoms with Crippen LogP contribution in [-0.2, 0) is 0 Å². The number of nitrogens with two attached hydrogens (primary N) is 1. The molecular weight excluding hydrogens is 160 g/mol. The van der Waals surface area contributed by atoms with Crippen LogP contribution in [0.25, 0.3) is 0 Å². The van der Waals surface area contributed by atoms with E-state index in [1.807, 2.05) is 0 Å². The fourth-order valence-electron chi connectivity index (χ4n) is 3.31. The Labute approximate surface area is 81.3 Å². The quantitative estimate of drug-likeness (QED) is 0.676. The number of hydrogen-bond acceptors (Lipinski definition) is 2. The SMILES string of the molecule is CC1CCCC2C(CCN)CNC12. The third-order valence-electron chi connectivity index (χ3n) is 4.03. The molecule has 0 amide bonds. The highest BCUT2D eigenvalue weighted by atomic mass is 15.0. The van der Waals surface area contributed by atoms with E-state index in [1.54, 1.807) is 0 Å². The lowest BCUT2D eigenvalue weighted by Gasteiger charge is -2.33. The summed E-state index contributed by atoms with van der Waals surface area (Å²) in [5.41, 5.74) is 5.64. The molecule has 2 fully saturated rings. The van der Waals surface area contributed by atoms with Gasteiger partial charge >= 0.3 is 0 Å². The Morgan fingerprint density at radius 3 is 3.00 bits per heavy atom. The Hall–Kier alpha value is -0.0800. The lowest BCUT2D eigenvalue weighted by molar-refractivity contribution is 0.209. The van der Waals surface area contributed by atoms with Crippen LogP contribution in [0.15, 0.2) is 0 Å². The van der Waals surface area contributed by atoms with Gasteiger partial charge < -0.3 is 11.1 Å². The van der Waals surface area contributed by atoms with E-state index in [2.05, 4.69) is 12.2 Å². The predicted molar refractivity (Wildman–Crippen MR) is 55.5 cm³/mol. The van der Waals surface area contributed by atoms with Crippen LogP contribution < -0.4 is 11.1 Å². The number of rotatable bonds is 2. The van der Waals surface area contributed by atoms with Gasteiger partial charge in [-0.3, -0.25) is 0 Å². The highest BCUT2D eigenvalue weighted by Gasteiger charge is 2.39. The minimum absolute atomic E-state index is 0.810. The summed E-state index contributed by atoms with van der Waals surface area (Å²) in [4.78, 5) is 0. The molecule has 13 heavy (non-hydrogen) atoms. The number of hydrogen-bond donors (Lipinski definition) is 2. The van der Waals surface area contributed by atoms with Crippen molar-refractivity contribution in [3.8, 4) is 0 Å². The molecular formula is C11H22N2. The van der Waals surface area contributed by atoms with E-state index >= 15 is 0 Å². The monoisotopic (exact) mass is 182 g/mol. The van der Waals surface area contributed by atoms with Crippen LogP contribution in [0.3, 0.4) is 0 Å². The molecule has 4 atom stereocenters. The Kier molecular flexibility index (Phi) is 2.89. The van der Waals surface area contributed by atoms with Crippen LogP contribution in [-0.4, -0.2) is 19.1 Å². The first-order chi connectivity index (χ1) is 6.33. The van der Waals surface area contributed by atoms with Gasteiger partial charge in [0.05, 0.1) is 0 Å². The average Bonchev–Trinajstić information content (AvgIpc) is 2.51. The standard InChI is InChI=1S/C11H22N2/c1-8-3-2-4-10-9(5-6-12)7-13-11(8)10/h8-11,13H,2-7,12H2,1H3. The van der Waals surface area contributed by atoms with Crippen LogP contribution in [0.4, 0.5) is 0 Å². The molecule has 1 aliphatic carbocycles.